The molecule has 0 radical (unpaired) electrons. The number of rotatable bonds is 8. The van der Waals surface area contributed by atoms with Crippen LogP contribution in [-0.2, 0) is 6.42 Å². The Labute approximate surface area is 246 Å². The molecule has 1 aromatic heterocycles. The summed E-state index contributed by atoms with van der Waals surface area (Å²) in [6.07, 6.45) is 7.91. The van der Waals surface area contributed by atoms with Crippen LogP contribution in [0.3, 0.4) is 0 Å². The van der Waals surface area contributed by atoms with E-state index in [1.54, 1.807) is 12.4 Å². The van der Waals surface area contributed by atoms with Crippen LogP contribution < -0.4 is 19.7 Å². The van der Waals surface area contributed by atoms with E-state index in [0.29, 0.717) is 28.9 Å². The van der Waals surface area contributed by atoms with Gasteiger partial charge >= 0.3 is 0 Å². The van der Waals surface area contributed by atoms with Crippen molar-refractivity contribution >= 4 is 55.8 Å². The van der Waals surface area contributed by atoms with Gasteiger partial charge in [-0.05, 0) is 60.1 Å². The van der Waals surface area contributed by atoms with E-state index in [2.05, 4.69) is 61.4 Å². The van der Waals surface area contributed by atoms with Crippen molar-refractivity contribution in [2.45, 2.75) is 18.5 Å². The molecule has 2 atom stereocenters. The molecular weight excluding hydrogens is 586 g/mol. The quantitative estimate of drug-likeness (QED) is 0.169. The van der Waals surface area contributed by atoms with Gasteiger partial charge < -0.3 is 24.7 Å². The molecule has 0 bridgehead atoms. The van der Waals surface area contributed by atoms with Crippen molar-refractivity contribution in [3.63, 3.8) is 0 Å². The molecule has 2 N–H and O–H groups in total. The molecule has 2 aliphatic heterocycles. The van der Waals surface area contributed by atoms with Gasteiger partial charge in [0.15, 0.2) is 16.6 Å². The number of halogens is 1. The summed E-state index contributed by atoms with van der Waals surface area (Å²) in [5.74, 6) is 2.08. The zero-order chi connectivity index (χ0) is 27.6. The third-order valence-corrected chi connectivity index (χ3v) is 7.92. The molecular formula is C31H26BrN5O2S. The van der Waals surface area contributed by atoms with Crippen LogP contribution in [0.4, 0.5) is 5.69 Å². The Morgan fingerprint density at radius 2 is 1.95 bits per heavy atom. The molecule has 1 saturated heterocycles. The number of aromatic nitrogens is 2. The van der Waals surface area contributed by atoms with E-state index in [0.717, 1.165) is 37.9 Å². The fraction of sp³-hybridized carbons (Fsp3) is 0.129. The van der Waals surface area contributed by atoms with Gasteiger partial charge in [0.25, 0.3) is 0 Å². The number of benzene rings is 3. The number of amidine groups is 1. The summed E-state index contributed by atoms with van der Waals surface area (Å²) in [6, 6.07) is 19.6. The number of nitrogens with one attached hydrogen (secondary N) is 2. The molecule has 0 saturated carbocycles. The molecule has 2 aliphatic rings. The zero-order valence-electron chi connectivity index (χ0n) is 21.5. The van der Waals surface area contributed by atoms with Crippen LogP contribution in [0.1, 0.15) is 17.2 Å². The van der Waals surface area contributed by atoms with Crippen molar-refractivity contribution in [1.29, 1.82) is 0 Å². The summed E-state index contributed by atoms with van der Waals surface area (Å²) in [5.41, 5.74) is 5.74. The van der Waals surface area contributed by atoms with Gasteiger partial charge in [-0.3, -0.25) is 4.99 Å². The maximum atomic E-state index is 5.93. The van der Waals surface area contributed by atoms with Crippen LogP contribution in [0.15, 0.2) is 113 Å². The molecule has 4 aromatic rings. The number of hydrogen-bond acceptors (Lipinski definition) is 5. The van der Waals surface area contributed by atoms with Gasteiger partial charge in [0.2, 0.25) is 6.79 Å². The van der Waals surface area contributed by atoms with Crippen LogP contribution in [0.2, 0.25) is 0 Å². The Bertz CT molecular complexity index is 1680. The fourth-order valence-electron chi connectivity index (χ4n) is 5.04. The van der Waals surface area contributed by atoms with Crippen molar-refractivity contribution < 1.29 is 9.47 Å². The molecule has 0 amide bonds. The third-order valence-electron chi connectivity index (χ3n) is 6.94. The second-order valence-corrected chi connectivity index (χ2v) is 10.6. The van der Waals surface area contributed by atoms with Crippen LogP contribution in [-0.4, -0.2) is 33.8 Å². The fourth-order valence-corrected chi connectivity index (χ4v) is 5.89. The van der Waals surface area contributed by atoms with E-state index < -0.39 is 0 Å². The first-order chi connectivity index (χ1) is 19.6. The summed E-state index contributed by atoms with van der Waals surface area (Å²) in [7, 11) is 0. The average molecular weight is 613 g/mol. The molecule has 2 unspecified atom stereocenters. The van der Waals surface area contributed by atoms with E-state index >= 15 is 0 Å². The molecule has 1 fully saturated rings. The van der Waals surface area contributed by atoms with Gasteiger partial charge in [0.1, 0.15) is 11.9 Å². The van der Waals surface area contributed by atoms with E-state index in [1.807, 2.05) is 60.7 Å². The van der Waals surface area contributed by atoms with Gasteiger partial charge in [-0.1, -0.05) is 77.6 Å². The number of nitrogens with zero attached hydrogens (tertiary/aromatic N) is 3. The van der Waals surface area contributed by atoms with Gasteiger partial charge in [-0.25, -0.2) is 4.98 Å². The Balaban J connectivity index is 1.50. The predicted molar refractivity (Wildman–Crippen MR) is 167 cm³/mol. The van der Waals surface area contributed by atoms with Crippen molar-refractivity contribution in [1.82, 2.24) is 15.3 Å². The summed E-state index contributed by atoms with van der Waals surface area (Å²) < 4.78 is 12.2. The first kappa shape index (κ1) is 26.0. The number of H-pyrrole nitrogens is 1. The highest BCUT2D eigenvalue weighted by molar-refractivity contribution is 9.10. The minimum absolute atomic E-state index is 0.182. The Kier molecular flexibility index (Phi) is 7.23. The van der Waals surface area contributed by atoms with Crippen LogP contribution >= 0.6 is 28.1 Å². The smallest absolute Gasteiger partial charge is 0.231 e. The standard InChI is InChI=1S/C31H26BrN5O2S/c1-3-8-20(4-2)25(13-19-9-6-5-7-10-19)35-30-29(22-15-27-28(16-23(22)32)39-18-38-27)37(31(40)36-30)21-11-12-24-26(14-21)34-17-33-24/h3-12,14-17,25,29H,1-2,13,18H2,(H,33,34)(H,35,36,40)/b20-8+. The highest BCUT2D eigenvalue weighted by atomic mass is 79.9. The second kappa shape index (κ2) is 11.1. The number of allylic oxidation sites excluding steroid dienone is 2. The Morgan fingerprint density at radius 3 is 2.73 bits per heavy atom. The summed E-state index contributed by atoms with van der Waals surface area (Å²) in [4.78, 5) is 15.0. The van der Waals surface area contributed by atoms with Gasteiger partial charge in [-0.2, -0.15) is 0 Å². The molecule has 200 valence electrons. The second-order valence-electron chi connectivity index (χ2n) is 9.36. The molecule has 0 aliphatic carbocycles. The number of imidazole rings is 1. The zero-order valence-corrected chi connectivity index (χ0v) is 23.9. The lowest BCUT2D eigenvalue weighted by Crippen LogP contribution is -2.29. The maximum Gasteiger partial charge on any atom is 0.231 e. The Hall–Kier alpha value is -4.21. The molecule has 40 heavy (non-hydrogen) atoms. The lowest BCUT2D eigenvalue weighted by atomic mass is 9.98. The Morgan fingerprint density at radius 1 is 1.15 bits per heavy atom. The monoisotopic (exact) mass is 611 g/mol. The molecule has 9 heteroatoms. The third kappa shape index (κ3) is 4.94. The minimum atomic E-state index is -0.374. The number of anilines is 1. The van der Waals surface area contributed by atoms with E-state index in [9.17, 15) is 0 Å². The molecule has 3 aromatic carbocycles. The van der Waals surface area contributed by atoms with Crippen LogP contribution in [0, 0.1) is 0 Å². The van der Waals surface area contributed by atoms with Crippen molar-refractivity contribution in [2.24, 2.45) is 4.99 Å². The van der Waals surface area contributed by atoms with Gasteiger partial charge in [-0.15, -0.1) is 0 Å². The summed E-state index contributed by atoms with van der Waals surface area (Å²) >= 11 is 9.71. The topological polar surface area (TPSA) is 74.8 Å². The first-order valence-corrected chi connectivity index (χ1v) is 13.9. The number of aromatic amines is 1. The minimum Gasteiger partial charge on any atom is -0.454 e. The number of ether oxygens (including phenoxy) is 2. The summed E-state index contributed by atoms with van der Waals surface area (Å²) in [5, 5.41) is 3.96. The van der Waals surface area contributed by atoms with Gasteiger partial charge in [0, 0.05) is 15.7 Å². The first-order valence-electron chi connectivity index (χ1n) is 12.7. The number of fused-ring (bicyclic) bond motifs is 2. The average Bonchev–Trinajstić information content (AvgIpc) is 3.69. The van der Waals surface area contributed by atoms with E-state index in [1.165, 1.54) is 0 Å². The molecule has 0 spiro atoms. The van der Waals surface area contributed by atoms with Crippen LogP contribution in [0.5, 0.6) is 11.5 Å². The van der Waals surface area contributed by atoms with Crippen LogP contribution in [0.25, 0.3) is 11.0 Å². The van der Waals surface area contributed by atoms with Crippen molar-refractivity contribution in [3.05, 3.63) is 120 Å². The van der Waals surface area contributed by atoms with Crippen molar-refractivity contribution in [2.75, 3.05) is 11.7 Å². The normalized spacial score (nSPS) is 18.3. The van der Waals surface area contributed by atoms with E-state index in [-0.39, 0.29) is 18.9 Å². The van der Waals surface area contributed by atoms with E-state index in [4.69, 9.17) is 26.7 Å². The maximum absolute atomic E-state index is 5.93. The number of thiocarbonyl (C=S) groups is 1. The predicted octanol–water partition coefficient (Wildman–Crippen LogP) is 6.80. The molecule has 7 nitrogen and oxygen atoms in total. The highest BCUT2D eigenvalue weighted by Gasteiger charge is 2.39. The molecule has 3 heterocycles. The van der Waals surface area contributed by atoms with Gasteiger partial charge in [0.05, 0.1) is 23.4 Å². The lowest BCUT2D eigenvalue weighted by Gasteiger charge is -2.26. The highest BCUT2D eigenvalue weighted by Crippen LogP contribution is 2.43. The molecule has 6 rings (SSSR count). The SMILES string of the molecule is C=C/C=C(\C=C)C(Cc1ccccc1)/N=C1\NC(=S)N(c2ccc3[nH]cnc3c2)C1c1cc2c(cc1Br)OCO2. The summed E-state index contributed by atoms with van der Waals surface area (Å²) in [6.45, 7) is 8.14. The van der Waals surface area contributed by atoms with Crippen molar-refractivity contribution in [3.8, 4) is 11.5 Å². The number of hydrogen-bond donors (Lipinski definition) is 2. The number of aliphatic imine (C=N–C) groups is 1. The lowest BCUT2D eigenvalue weighted by molar-refractivity contribution is 0.174. The largest absolute Gasteiger partial charge is 0.454 e.